The van der Waals surface area contributed by atoms with Crippen molar-refractivity contribution in [2.75, 3.05) is 19.0 Å². The first kappa shape index (κ1) is 12.4. The van der Waals surface area contributed by atoms with Crippen molar-refractivity contribution in [3.63, 3.8) is 0 Å². The smallest absolute Gasteiger partial charge is 0.354 e. The van der Waals surface area contributed by atoms with E-state index in [4.69, 9.17) is 5.11 Å². The number of carboxylic acid groups (broad SMARTS) is 1. The average molecular weight is 244 g/mol. The summed E-state index contributed by atoms with van der Waals surface area (Å²) in [5, 5.41) is 10.1. The monoisotopic (exact) mass is 244 g/mol. The molecule has 0 atom stereocenters. The van der Waals surface area contributed by atoms with E-state index in [1.54, 1.807) is 6.07 Å². The Balaban J connectivity index is 2.85. The number of anilines is 1. The highest BCUT2D eigenvalue weighted by atomic mass is 16.4. The minimum atomic E-state index is -0.995. The first-order valence-corrected chi connectivity index (χ1v) is 5.88. The fourth-order valence-electron chi connectivity index (χ4n) is 2.05. The van der Waals surface area contributed by atoms with Crippen LogP contribution in [0.1, 0.15) is 23.0 Å². The van der Waals surface area contributed by atoms with Gasteiger partial charge in [-0.25, -0.2) is 9.78 Å². The van der Waals surface area contributed by atoms with Crippen molar-refractivity contribution >= 4 is 22.6 Å². The molecule has 0 amide bonds. The quantitative estimate of drug-likeness (QED) is 0.901. The molecule has 94 valence electrons. The second kappa shape index (κ2) is 4.64. The predicted molar refractivity (Wildman–Crippen MR) is 72.4 cm³/mol. The number of nitrogens with zero attached hydrogens (tertiary/aromatic N) is 2. The van der Waals surface area contributed by atoms with Gasteiger partial charge in [0.15, 0.2) is 5.69 Å². The van der Waals surface area contributed by atoms with Crippen LogP contribution in [0.4, 0.5) is 5.69 Å². The van der Waals surface area contributed by atoms with Crippen LogP contribution in [-0.2, 0) is 6.42 Å². The SMILES string of the molecule is CCc1cccc2c(N(C)C)cc(C(=O)O)nc12. The number of pyridine rings is 1. The molecule has 4 nitrogen and oxygen atoms in total. The molecule has 1 heterocycles. The number of hydrogen-bond acceptors (Lipinski definition) is 3. The highest BCUT2D eigenvalue weighted by Gasteiger charge is 2.13. The normalized spacial score (nSPS) is 10.6. The van der Waals surface area contributed by atoms with Gasteiger partial charge in [-0.15, -0.1) is 0 Å². The molecule has 1 N–H and O–H groups in total. The second-order valence-corrected chi connectivity index (χ2v) is 4.39. The molecule has 0 aliphatic rings. The molecule has 18 heavy (non-hydrogen) atoms. The number of rotatable bonds is 3. The van der Waals surface area contributed by atoms with Crippen LogP contribution in [0.5, 0.6) is 0 Å². The summed E-state index contributed by atoms with van der Waals surface area (Å²) in [7, 11) is 3.80. The summed E-state index contributed by atoms with van der Waals surface area (Å²) in [4.78, 5) is 17.3. The molecule has 0 aliphatic carbocycles. The lowest BCUT2D eigenvalue weighted by atomic mass is 10.1. The summed E-state index contributed by atoms with van der Waals surface area (Å²) in [6, 6.07) is 7.56. The number of carboxylic acids is 1. The number of aryl methyl sites for hydroxylation is 1. The summed E-state index contributed by atoms with van der Waals surface area (Å²) >= 11 is 0. The van der Waals surface area contributed by atoms with Gasteiger partial charge in [-0.05, 0) is 18.1 Å². The standard InChI is InChI=1S/C14H16N2O2/c1-4-9-6-5-7-10-12(16(2)3)8-11(14(17)18)15-13(9)10/h5-8H,4H2,1-3H3,(H,17,18). The molecule has 0 bridgehead atoms. The molecule has 0 spiro atoms. The van der Waals surface area contributed by atoms with Gasteiger partial charge in [-0.3, -0.25) is 0 Å². The van der Waals surface area contributed by atoms with Crippen LogP contribution in [0.2, 0.25) is 0 Å². The highest BCUT2D eigenvalue weighted by molar-refractivity contribution is 5.98. The van der Waals surface area contributed by atoms with Crippen LogP contribution in [0, 0.1) is 0 Å². The van der Waals surface area contributed by atoms with Gasteiger partial charge in [-0.1, -0.05) is 25.1 Å². The lowest BCUT2D eigenvalue weighted by Crippen LogP contribution is -2.12. The zero-order chi connectivity index (χ0) is 13.3. The third kappa shape index (κ3) is 2.01. The van der Waals surface area contributed by atoms with Crippen molar-refractivity contribution in [3.05, 3.63) is 35.5 Å². The van der Waals surface area contributed by atoms with Crippen LogP contribution in [0.15, 0.2) is 24.3 Å². The van der Waals surface area contributed by atoms with Crippen molar-refractivity contribution in [3.8, 4) is 0 Å². The number of aromatic carboxylic acids is 1. The van der Waals surface area contributed by atoms with E-state index >= 15 is 0 Å². The Kier molecular flexibility index (Phi) is 3.19. The first-order valence-electron chi connectivity index (χ1n) is 5.88. The average Bonchev–Trinajstić information content (AvgIpc) is 2.36. The molecule has 0 fully saturated rings. The predicted octanol–water partition coefficient (Wildman–Crippen LogP) is 2.56. The largest absolute Gasteiger partial charge is 0.477 e. The Morgan fingerprint density at radius 2 is 2.11 bits per heavy atom. The van der Waals surface area contributed by atoms with E-state index in [1.807, 2.05) is 44.1 Å². The maximum Gasteiger partial charge on any atom is 0.354 e. The Labute approximate surface area is 106 Å². The summed E-state index contributed by atoms with van der Waals surface area (Å²) < 4.78 is 0. The molecule has 0 saturated carbocycles. The molecule has 1 aromatic heterocycles. The van der Waals surface area contributed by atoms with Gasteiger partial charge in [0.1, 0.15) is 0 Å². The lowest BCUT2D eigenvalue weighted by molar-refractivity contribution is 0.0691. The Morgan fingerprint density at radius 3 is 2.67 bits per heavy atom. The Hall–Kier alpha value is -2.10. The van der Waals surface area contributed by atoms with Crippen molar-refractivity contribution < 1.29 is 9.90 Å². The van der Waals surface area contributed by atoms with Crippen LogP contribution in [-0.4, -0.2) is 30.2 Å². The topological polar surface area (TPSA) is 53.4 Å². The van der Waals surface area contributed by atoms with Crippen LogP contribution < -0.4 is 4.90 Å². The van der Waals surface area contributed by atoms with Crippen molar-refractivity contribution in [1.29, 1.82) is 0 Å². The third-order valence-electron chi connectivity index (χ3n) is 2.98. The van der Waals surface area contributed by atoms with E-state index < -0.39 is 5.97 Å². The van der Waals surface area contributed by atoms with Gasteiger partial charge in [0, 0.05) is 25.2 Å². The summed E-state index contributed by atoms with van der Waals surface area (Å²) in [6.07, 6.45) is 0.834. The lowest BCUT2D eigenvalue weighted by Gasteiger charge is -2.17. The van der Waals surface area contributed by atoms with Crippen molar-refractivity contribution in [2.24, 2.45) is 0 Å². The first-order chi connectivity index (χ1) is 8.54. The maximum atomic E-state index is 11.1. The fraction of sp³-hybridized carbons (Fsp3) is 0.286. The summed E-state index contributed by atoms with van der Waals surface area (Å²) in [5.74, 6) is -0.995. The number of aromatic nitrogens is 1. The molecule has 2 rings (SSSR count). The summed E-state index contributed by atoms with van der Waals surface area (Å²) in [5.41, 5.74) is 2.82. The van der Waals surface area contributed by atoms with Crippen LogP contribution in [0.25, 0.3) is 10.9 Å². The van der Waals surface area contributed by atoms with Gasteiger partial charge in [0.2, 0.25) is 0 Å². The molecule has 2 aromatic rings. The second-order valence-electron chi connectivity index (χ2n) is 4.39. The van der Waals surface area contributed by atoms with E-state index in [2.05, 4.69) is 4.98 Å². The zero-order valence-electron chi connectivity index (χ0n) is 10.8. The maximum absolute atomic E-state index is 11.1. The number of fused-ring (bicyclic) bond motifs is 1. The Bertz CT molecular complexity index is 606. The van der Waals surface area contributed by atoms with Crippen molar-refractivity contribution in [2.45, 2.75) is 13.3 Å². The van der Waals surface area contributed by atoms with E-state index in [1.165, 1.54) is 0 Å². The third-order valence-corrected chi connectivity index (χ3v) is 2.98. The zero-order valence-corrected chi connectivity index (χ0v) is 10.8. The van der Waals surface area contributed by atoms with Gasteiger partial charge in [-0.2, -0.15) is 0 Å². The molecular formula is C14H16N2O2. The van der Waals surface area contributed by atoms with Gasteiger partial charge < -0.3 is 10.0 Å². The number of para-hydroxylation sites is 1. The van der Waals surface area contributed by atoms with Gasteiger partial charge >= 0.3 is 5.97 Å². The molecule has 0 unspecified atom stereocenters. The van der Waals surface area contributed by atoms with E-state index in [0.717, 1.165) is 28.6 Å². The minimum Gasteiger partial charge on any atom is -0.477 e. The van der Waals surface area contributed by atoms with E-state index in [-0.39, 0.29) is 5.69 Å². The van der Waals surface area contributed by atoms with E-state index in [9.17, 15) is 4.79 Å². The van der Waals surface area contributed by atoms with Crippen LogP contribution >= 0.6 is 0 Å². The highest BCUT2D eigenvalue weighted by Crippen LogP contribution is 2.27. The molecule has 0 saturated heterocycles. The summed E-state index contributed by atoms with van der Waals surface area (Å²) in [6.45, 7) is 2.04. The molecular weight excluding hydrogens is 228 g/mol. The molecule has 4 heteroatoms. The molecule has 0 radical (unpaired) electrons. The molecule has 1 aromatic carbocycles. The van der Waals surface area contributed by atoms with Crippen LogP contribution in [0.3, 0.4) is 0 Å². The number of benzene rings is 1. The minimum absolute atomic E-state index is 0.0899. The van der Waals surface area contributed by atoms with Gasteiger partial charge in [0.05, 0.1) is 5.52 Å². The number of carbonyl (C=O) groups is 1. The van der Waals surface area contributed by atoms with E-state index in [0.29, 0.717) is 0 Å². The van der Waals surface area contributed by atoms with Crippen molar-refractivity contribution in [1.82, 2.24) is 4.98 Å². The number of hydrogen-bond donors (Lipinski definition) is 1. The fourth-order valence-corrected chi connectivity index (χ4v) is 2.05. The van der Waals surface area contributed by atoms with Gasteiger partial charge in [0.25, 0.3) is 0 Å². The molecule has 0 aliphatic heterocycles. The Morgan fingerprint density at radius 1 is 1.39 bits per heavy atom.